The summed E-state index contributed by atoms with van der Waals surface area (Å²) >= 11 is 0. The van der Waals surface area contributed by atoms with Crippen molar-refractivity contribution in [1.29, 1.82) is 10.7 Å². The van der Waals surface area contributed by atoms with Gasteiger partial charge in [-0.05, 0) is 24.6 Å². The maximum Gasteiger partial charge on any atom is 0.131 e. The predicted octanol–water partition coefficient (Wildman–Crippen LogP) is 2.20. The predicted molar refractivity (Wildman–Crippen MR) is 119 cm³/mol. The van der Waals surface area contributed by atoms with Gasteiger partial charge in [0, 0.05) is 80.3 Å². The van der Waals surface area contributed by atoms with Crippen LogP contribution in [0.25, 0.3) is 22.2 Å². The molecule has 8 nitrogen and oxygen atoms in total. The second kappa shape index (κ2) is 8.35. The molecule has 3 N–H and O–H groups in total. The molecule has 0 saturated carbocycles. The molecule has 1 aliphatic heterocycles. The summed E-state index contributed by atoms with van der Waals surface area (Å²) in [6.07, 6.45) is 8.34. The molecule has 0 atom stereocenters. The van der Waals surface area contributed by atoms with E-state index >= 15 is 0 Å². The number of pyridine rings is 2. The molecule has 0 aromatic carbocycles. The van der Waals surface area contributed by atoms with E-state index in [1.165, 1.54) is 6.21 Å². The number of nitriles is 1. The average Bonchev–Trinajstić information content (AvgIpc) is 3.20. The van der Waals surface area contributed by atoms with Crippen molar-refractivity contribution in [3.63, 3.8) is 0 Å². The third-order valence-electron chi connectivity index (χ3n) is 5.30. The van der Waals surface area contributed by atoms with Crippen LogP contribution in [0.2, 0.25) is 0 Å². The number of nitrogens with one attached hydrogen (secondary N) is 3. The van der Waals surface area contributed by atoms with Crippen molar-refractivity contribution in [2.75, 3.05) is 38.1 Å². The summed E-state index contributed by atoms with van der Waals surface area (Å²) in [5.41, 5.74) is 5.68. The van der Waals surface area contributed by atoms with Crippen LogP contribution in [0.15, 0.2) is 36.9 Å². The lowest BCUT2D eigenvalue weighted by Gasteiger charge is -2.29. The number of hydrogen-bond acceptors (Lipinski definition) is 7. The fraction of sp³-hybridized carbons (Fsp3) is 0.273. The van der Waals surface area contributed by atoms with Gasteiger partial charge in [-0.1, -0.05) is 0 Å². The lowest BCUT2D eigenvalue weighted by Crippen LogP contribution is -2.44. The number of hydrogen-bond donors (Lipinski definition) is 3. The molecule has 4 rings (SSSR count). The van der Waals surface area contributed by atoms with E-state index in [1.54, 1.807) is 24.0 Å². The SMILES string of the molecule is CN/C=C(\C=N)c1cc(-c2cnc(N3CCNCC3)c(C)c2)c2c(C#N)cnn2c1. The third kappa shape index (κ3) is 3.51. The second-order valence-electron chi connectivity index (χ2n) is 7.24. The van der Waals surface area contributed by atoms with Gasteiger partial charge < -0.3 is 20.9 Å². The number of anilines is 1. The third-order valence-corrected chi connectivity index (χ3v) is 5.30. The summed E-state index contributed by atoms with van der Waals surface area (Å²) < 4.78 is 1.70. The molecule has 3 aromatic rings. The Kier molecular flexibility index (Phi) is 5.46. The van der Waals surface area contributed by atoms with Gasteiger partial charge in [-0.2, -0.15) is 10.4 Å². The summed E-state index contributed by atoms with van der Waals surface area (Å²) in [5, 5.41) is 28.1. The van der Waals surface area contributed by atoms with E-state index in [0.29, 0.717) is 5.56 Å². The maximum absolute atomic E-state index is 9.58. The summed E-state index contributed by atoms with van der Waals surface area (Å²) in [7, 11) is 1.80. The van der Waals surface area contributed by atoms with Crippen molar-refractivity contribution in [3.8, 4) is 17.2 Å². The lowest BCUT2D eigenvalue weighted by atomic mass is 9.99. The molecule has 0 aliphatic carbocycles. The van der Waals surface area contributed by atoms with Gasteiger partial charge in [0.1, 0.15) is 11.9 Å². The largest absolute Gasteiger partial charge is 0.393 e. The number of aromatic nitrogens is 3. The Morgan fingerprint density at radius 1 is 1.30 bits per heavy atom. The molecule has 0 radical (unpaired) electrons. The van der Waals surface area contributed by atoms with E-state index in [1.807, 2.05) is 18.5 Å². The highest BCUT2D eigenvalue weighted by Crippen LogP contribution is 2.32. The van der Waals surface area contributed by atoms with Crippen LogP contribution in [0, 0.1) is 23.7 Å². The Bertz CT molecular complexity index is 1160. The van der Waals surface area contributed by atoms with Crippen molar-refractivity contribution in [1.82, 2.24) is 25.2 Å². The van der Waals surface area contributed by atoms with Crippen molar-refractivity contribution in [2.45, 2.75) is 6.92 Å². The molecule has 8 heteroatoms. The van der Waals surface area contributed by atoms with Crippen LogP contribution >= 0.6 is 0 Å². The van der Waals surface area contributed by atoms with Gasteiger partial charge >= 0.3 is 0 Å². The highest BCUT2D eigenvalue weighted by Gasteiger charge is 2.18. The monoisotopic (exact) mass is 400 g/mol. The van der Waals surface area contributed by atoms with E-state index in [0.717, 1.165) is 65.3 Å². The van der Waals surface area contributed by atoms with E-state index in [2.05, 4.69) is 39.7 Å². The fourth-order valence-electron chi connectivity index (χ4n) is 3.87. The number of aryl methyl sites for hydroxylation is 1. The zero-order valence-electron chi connectivity index (χ0n) is 17.1. The van der Waals surface area contributed by atoms with E-state index in [4.69, 9.17) is 10.4 Å². The zero-order chi connectivity index (χ0) is 21.1. The van der Waals surface area contributed by atoms with Gasteiger partial charge in [0.2, 0.25) is 0 Å². The summed E-state index contributed by atoms with van der Waals surface area (Å²) in [6.45, 7) is 5.85. The number of fused-ring (bicyclic) bond motifs is 1. The van der Waals surface area contributed by atoms with Gasteiger partial charge in [0.25, 0.3) is 0 Å². The highest BCUT2D eigenvalue weighted by molar-refractivity contribution is 6.08. The Hall–Kier alpha value is -3.70. The van der Waals surface area contributed by atoms with E-state index in [-0.39, 0.29) is 0 Å². The quantitative estimate of drug-likeness (QED) is 0.567. The average molecular weight is 400 g/mol. The summed E-state index contributed by atoms with van der Waals surface area (Å²) in [6, 6.07) is 6.34. The highest BCUT2D eigenvalue weighted by atomic mass is 15.2. The first-order valence-corrected chi connectivity index (χ1v) is 9.88. The van der Waals surface area contributed by atoms with Crippen LogP contribution in [0.1, 0.15) is 16.7 Å². The Labute approximate surface area is 175 Å². The fourth-order valence-corrected chi connectivity index (χ4v) is 3.87. The number of allylic oxidation sites excluding steroid dienone is 1. The summed E-state index contributed by atoms with van der Waals surface area (Å²) in [4.78, 5) is 7.07. The Balaban J connectivity index is 1.87. The van der Waals surface area contributed by atoms with Gasteiger partial charge in [0.05, 0.1) is 17.3 Å². The van der Waals surface area contributed by atoms with Gasteiger partial charge in [-0.3, -0.25) is 0 Å². The normalized spacial score (nSPS) is 14.6. The first kappa shape index (κ1) is 19.6. The minimum absolute atomic E-state index is 0.509. The molecular weight excluding hydrogens is 376 g/mol. The van der Waals surface area contributed by atoms with Gasteiger partial charge in [-0.25, -0.2) is 9.50 Å². The zero-order valence-corrected chi connectivity index (χ0v) is 17.1. The van der Waals surface area contributed by atoms with Crippen molar-refractivity contribution in [2.24, 2.45) is 0 Å². The van der Waals surface area contributed by atoms with E-state index in [9.17, 15) is 5.26 Å². The maximum atomic E-state index is 9.58. The molecule has 4 heterocycles. The lowest BCUT2D eigenvalue weighted by molar-refractivity contribution is 0.584. The van der Waals surface area contributed by atoms with Crippen LogP contribution < -0.4 is 15.5 Å². The molecule has 0 bridgehead atoms. The van der Waals surface area contributed by atoms with Crippen LogP contribution in [0.3, 0.4) is 0 Å². The molecule has 30 heavy (non-hydrogen) atoms. The van der Waals surface area contributed by atoms with Crippen LogP contribution in [-0.4, -0.2) is 54.0 Å². The molecular formula is C22H24N8. The molecule has 0 unspecified atom stereocenters. The Morgan fingerprint density at radius 2 is 2.10 bits per heavy atom. The minimum Gasteiger partial charge on any atom is -0.393 e. The molecule has 152 valence electrons. The first-order valence-electron chi connectivity index (χ1n) is 9.88. The molecule has 0 amide bonds. The smallest absolute Gasteiger partial charge is 0.131 e. The summed E-state index contributed by atoms with van der Waals surface area (Å²) in [5.74, 6) is 0.997. The molecule has 3 aromatic heterocycles. The topological polar surface area (TPSA) is 105 Å². The van der Waals surface area contributed by atoms with Crippen molar-refractivity contribution < 1.29 is 0 Å². The standard InChI is InChI=1S/C22H24N8/c1-15-7-16(12-27-22(15)29-5-3-26-4-6-29)20-8-17(18(9-23)11-25-2)14-30-21(20)19(10-24)13-28-30/h7-9,11-14,23,25-26H,3-6H2,1-2H3/b18-11+,23-9?. The molecule has 1 saturated heterocycles. The van der Waals surface area contributed by atoms with Crippen LogP contribution in [-0.2, 0) is 0 Å². The second-order valence-corrected chi connectivity index (χ2v) is 7.24. The van der Waals surface area contributed by atoms with Crippen molar-refractivity contribution in [3.05, 3.63) is 53.6 Å². The van der Waals surface area contributed by atoms with Crippen molar-refractivity contribution >= 4 is 23.1 Å². The van der Waals surface area contributed by atoms with Crippen LogP contribution in [0.4, 0.5) is 5.82 Å². The molecule has 1 aliphatic rings. The molecule has 0 spiro atoms. The first-order chi connectivity index (χ1) is 14.7. The van der Waals surface area contributed by atoms with Gasteiger partial charge in [-0.15, -0.1) is 0 Å². The van der Waals surface area contributed by atoms with Gasteiger partial charge in [0.15, 0.2) is 0 Å². The number of piperazine rings is 1. The van der Waals surface area contributed by atoms with E-state index < -0.39 is 0 Å². The Morgan fingerprint density at radius 3 is 2.77 bits per heavy atom. The number of nitrogens with zero attached hydrogens (tertiary/aromatic N) is 5. The van der Waals surface area contributed by atoms with Crippen LogP contribution in [0.5, 0.6) is 0 Å². The number of rotatable bonds is 5. The molecule has 1 fully saturated rings. The minimum atomic E-state index is 0.509.